The average Bonchev–Trinajstić information content (AvgIpc) is 2.99. The van der Waals surface area contributed by atoms with Crippen LogP contribution in [0.3, 0.4) is 0 Å². The summed E-state index contributed by atoms with van der Waals surface area (Å²) in [4.78, 5) is 25.5. The Balaban J connectivity index is 1.47. The van der Waals surface area contributed by atoms with E-state index in [1.54, 1.807) is 0 Å². The SMILES string of the molecule is COc1ccc(C(=O)OCC(=O)NC(c2ccccc2)c2ccccc2)cc1S(=O)(=O)N(C)Cc1ccccc1. The van der Waals surface area contributed by atoms with Crippen molar-refractivity contribution in [2.45, 2.75) is 17.5 Å². The van der Waals surface area contributed by atoms with Gasteiger partial charge in [-0.3, -0.25) is 4.79 Å². The van der Waals surface area contributed by atoms with Crippen molar-refractivity contribution in [1.29, 1.82) is 0 Å². The fraction of sp³-hybridized carbons (Fsp3) is 0.161. The molecule has 0 heterocycles. The zero-order valence-electron chi connectivity index (χ0n) is 22.2. The van der Waals surface area contributed by atoms with Crippen LogP contribution < -0.4 is 10.1 Å². The maximum atomic E-state index is 13.4. The zero-order chi connectivity index (χ0) is 28.5. The molecule has 0 radical (unpaired) electrons. The van der Waals surface area contributed by atoms with Gasteiger partial charge in [0.1, 0.15) is 10.6 Å². The first kappa shape index (κ1) is 28.5. The molecular formula is C31H30N2O6S. The maximum absolute atomic E-state index is 13.4. The summed E-state index contributed by atoms with van der Waals surface area (Å²) in [6, 6.07) is 31.6. The van der Waals surface area contributed by atoms with Crippen LogP contribution in [-0.2, 0) is 26.1 Å². The predicted octanol–water partition coefficient (Wildman–Crippen LogP) is 4.58. The molecule has 0 aromatic heterocycles. The standard InChI is InChI=1S/C31H30N2O6S/c1-33(21-23-12-6-3-7-13-23)40(36,37)28-20-26(18-19-27(28)38-2)31(35)39-22-29(34)32-30(24-14-8-4-9-15-24)25-16-10-5-11-17-25/h3-20,30H,21-22H2,1-2H3,(H,32,34). The van der Waals surface area contributed by atoms with Gasteiger partial charge in [0.05, 0.1) is 18.7 Å². The fourth-order valence-electron chi connectivity index (χ4n) is 4.17. The number of nitrogens with zero attached hydrogens (tertiary/aromatic N) is 1. The fourth-order valence-corrected chi connectivity index (χ4v) is 5.50. The highest BCUT2D eigenvalue weighted by atomic mass is 32.2. The lowest BCUT2D eigenvalue weighted by Crippen LogP contribution is -2.33. The van der Waals surface area contributed by atoms with Crippen LogP contribution in [0.4, 0.5) is 0 Å². The summed E-state index contributed by atoms with van der Waals surface area (Å²) < 4.78 is 38.5. The van der Waals surface area contributed by atoms with E-state index in [4.69, 9.17) is 9.47 Å². The molecule has 4 aromatic rings. The Bertz CT molecular complexity index is 1510. The van der Waals surface area contributed by atoms with E-state index in [-0.39, 0.29) is 22.8 Å². The summed E-state index contributed by atoms with van der Waals surface area (Å²) in [5, 5.41) is 2.91. The number of carbonyl (C=O) groups excluding carboxylic acids is 2. The number of hydrogen-bond donors (Lipinski definition) is 1. The number of benzene rings is 4. The van der Waals surface area contributed by atoms with E-state index in [0.29, 0.717) is 0 Å². The van der Waals surface area contributed by atoms with E-state index in [1.165, 1.54) is 36.7 Å². The second-order valence-corrected chi connectivity index (χ2v) is 11.0. The van der Waals surface area contributed by atoms with Gasteiger partial charge in [0.15, 0.2) is 6.61 Å². The molecule has 0 aliphatic heterocycles. The van der Waals surface area contributed by atoms with Crippen LogP contribution in [-0.4, -0.2) is 45.4 Å². The monoisotopic (exact) mass is 558 g/mol. The molecule has 0 spiro atoms. The van der Waals surface area contributed by atoms with Gasteiger partial charge >= 0.3 is 5.97 Å². The number of sulfonamides is 1. The molecule has 1 amide bonds. The predicted molar refractivity (Wildman–Crippen MR) is 151 cm³/mol. The first-order valence-electron chi connectivity index (χ1n) is 12.5. The number of esters is 1. The van der Waals surface area contributed by atoms with Crippen LogP contribution in [0.2, 0.25) is 0 Å². The van der Waals surface area contributed by atoms with Gasteiger partial charge in [0, 0.05) is 13.6 Å². The Morgan fingerprint density at radius 1 is 0.825 bits per heavy atom. The quantitative estimate of drug-likeness (QED) is 0.271. The molecule has 206 valence electrons. The van der Waals surface area contributed by atoms with Crippen LogP contribution in [0.25, 0.3) is 0 Å². The molecule has 0 saturated heterocycles. The Hall–Kier alpha value is -4.47. The van der Waals surface area contributed by atoms with Gasteiger partial charge in [-0.2, -0.15) is 4.31 Å². The molecular weight excluding hydrogens is 528 g/mol. The van der Waals surface area contributed by atoms with E-state index >= 15 is 0 Å². The zero-order valence-corrected chi connectivity index (χ0v) is 23.0. The Morgan fingerprint density at radius 3 is 1.93 bits per heavy atom. The largest absolute Gasteiger partial charge is 0.495 e. The second-order valence-electron chi connectivity index (χ2n) is 9.01. The highest BCUT2D eigenvalue weighted by Gasteiger charge is 2.27. The highest BCUT2D eigenvalue weighted by molar-refractivity contribution is 7.89. The van der Waals surface area contributed by atoms with Crippen LogP contribution in [0, 0.1) is 0 Å². The van der Waals surface area contributed by atoms with E-state index < -0.39 is 34.5 Å². The van der Waals surface area contributed by atoms with E-state index in [2.05, 4.69) is 5.32 Å². The van der Waals surface area contributed by atoms with Gasteiger partial charge in [-0.25, -0.2) is 13.2 Å². The van der Waals surface area contributed by atoms with Crippen molar-refractivity contribution in [3.05, 3.63) is 131 Å². The molecule has 40 heavy (non-hydrogen) atoms. The molecule has 0 unspecified atom stereocenters. The third-order valence-electron chi connectivity index (χ3n) is 6.24. The molecule has 0 saturated carbocycles. The summed E-state index contributed by atoms with van der Waals surface area (Å²) in [5.74, 6) is -1.26. The van der Waals surface area contributed by atoms with Crippen LogP contribution in [0.15, 0.2) is 114 Å². The van der Waals surface area contributed by atoms with Gasteiger partial charge in [-0.1, -0.05) is 91.0 Å². The lowest BCUT2D eigenvalue weighted by atomic mass is 9.99. The Morgan fingerprint density at radius 2 is 1.38 bits per heavy atom. The average molecular weight is 559 g/mol. The van der Waals surface area contributed by atoms with Gasteiger partial charge in [-0.05, 0) is 34.9 Å². The minimum Gasteiger partial charge on any atom is -0.495 e. The molecule has 0 aliphatic carbocycles. The van der Waals surface area contributed by atoms with Crippen molar-refractivity contribution >= 4 is 21.9 Å². The van der Waals surface area contributed by atoms with Crippen molar-refractivity contribution in [3.63, 3.8) is 0 Å². The van der Waals surface area contributed by atoms with Gasteiger partial charge in [0.25, 0.3) is 5.91 Å². The van der Waals surface area contributed by atoms with Gasteiger partial charge in [-0.15, -0.1) is 0 Å². The van der Waals surface area contributed by atoms with Crippen molar-refractivity contribution in [2.24, 2.45) is 0 Å². The van der Waals surface area contributed by atoms with Crippen LogP contribution in [0.5, 0.6) is 5.75 Å². The van der Waals surface area contributed by atoms with Crippen molar-refractivity contribution < 1.29 is 27.5 Å². The number of amides is 1. The second kappa shape index (κ2) is 13.1. The van der Waals surface area contributed by atoms with Crippen molar-refractivity contribution in [1.82, 2.24) is 9.62 Å². The smallest absolute Gasteiger partial charge is 0.338 e. The molecule has 4 rings (SSSR count). The van der Waals surface area contributed by atoms with Gasteiger partial charge < -0.3 is 14.8 Å². The summed E-state index contributed by atoms with van der Waals surface area (Å²) in [7, 11) is -1.22. The number of methoxy groups -OCH3 is 1. The summed E-state index contributed by atoms with van der Waals surface area (Å²) in [5.41, 5.74) is 2.53. The molecule has 1 N–H and O–H groups in total. The molecule has 9 heteroatoms. The Labute approximate surface area is 234 Å². The highest BCUT2D eigenvalue weighted by Crippen LogP contribution is 2.28. The number of nitrogens with one attached hydrogen (secondary N) is 1. The molecule has 0 atom stereocenters. The first-order valence-corrected chi connectivity index (χ1v) is 14.0. The van der Waals surface area contributed by atoms with E-state index in [9.17, 15) is 18.0 Å². The van der Waals surface area contributed by atoms with Gasteiger partial charge in [0.2, 0.25) is 10.0 Å². The molecule has 0 aliphatic rings. The van der Waals surface area contributed by atoms with Crippen molar-refractivity contribution in [2.75, 3.05) is 20.8 Å². The minimum atomic E-state index is -4.02. The maximum Gasteiger partial charge on any atom is 0.338 e. The number of rotatable bonds is 11. The first-order chi connectivity index (χ1) is 19.3. The lowest BCUT2D eigenvalue weighted by molar-refractivity contribution is -0.124. The lowest BCUT2D eigenvalue weighted by Gasteiger charge is -2.20. The number of carbonyl (C=O) groups is 2. The normalized spacial score (nSPS) is 11.3. The molecule has 0 fully saturated rings. The van der Waals surface area contributed by atoms with Crippen LogP contribution in [0.1, 0.15) is 33.1 Å². The Kier molecular flexibility index (Phi) is 9.31. The minimum absolute atomic E-state index is 0.0250. The summed E-state index contributed by atoms with van der Waals surface area (Å²) >= 11 is 0. The summed E-state index contributed by atoms with van der Waals surface area (Å²) in [6.07, 6.45) is 0. The molecule has 4 aromatic carbocycles. The number of ether oxygens (including phenoxy) is 2. The topological polar surface area (TPSA) is 102 Å². The molecule has 0 bridgehead atoms. The molecule has 8 nitrogen and oxygen atoms in total. The third-order valence-corrected chi connectivity index (χ3v) is 8.07. The van der Waals surface area contributed by atoms with Crippen molar-refractivity contribution in [3.8, 4) is 5.75 Å². The van der Waals surface area contributed by atoms with E-state index in [0.717, 1.165) is 16.7 Å². The summed E-state index contributed by atoms with van der Waals surface area (Å²) in [6.45, 7) is -0.414. The van der Waals surface area contributed by atoms with Crippen LogP contribution >= 0.6 is 0 Å². The number of hydrogen-bond acceptors (Lipinski definition) is 6. The third kappa shape index (κ3) is 6.93. The van der Waals surface area contributed by atoms with E-state index in [1.807, 2.05) is 91.0 Å².